The molecule has 6 nitrogen and oxygen atoms in total. The average Bonchev–Trinajstić information content (AvgIpc) is 2.71. The lowest BCUT2D eigenvalue weighted by Crippen LogP contribution is -2.23. The standard InChI is InChI=1S/C23H31NO5/c1-2-3-4-10-21(27)23-18-9-6-5-8-17(18)16(15-24-23)13-14-20(26)19(25)11-7-12-22(28)29/h5-6,8-9,13-15,19-21,25-27H,2-4,7,10-12H2,1H3,(H,28,29)/b14-13+/t19?,20?,21-/m0/s1. The SMILES string of the molecule is CCCCC[C@H](O)c1ncc(/C=C/C(O)C(O)CCCC(=O)O)c2ccccc12. The molecule has 29 heavy (non-hydrogen) atoms. The predicted octanol–water partition coefficient (Wildman–Crippen LogP) is 3.84. The third-order valence-corrected chi connectivity index (χ3v) is 5.01. The number of carboxylic acids is 1. The molecule has 0 spiro atoms. The molecule has 0 amide bonds. The van der Waals surface area contributed by atoms with E-state index in [9.17, 15) is 20.1 Å². The van der Waals surface area contributed by atoms with Crippen molar-refractivity contribution in [2.45, 2.75) is 70.2 Å². The van der Waals surface area contributed by atoms with Crippen molar-refractivity contribution in [1.29, 1.82) is 0 Å². The van der Waals surface area contributed by atoms with Crippen LogP contribution in [0.15, 0.2) is 36.5 Å². The van der Waals surface area contributed by atoms with E-state index in [1.165, 1.54) is 6.08 Å². The van der Waals surface area contributed by atoms with Gasteiger partial charge in [-0.05, 0) is 24.6 Å². The number of benzene rings is 1. The Morgan fingerprint density at radius 1 is 1.07 bits per heavy atom. The molecule has 0 aliphatic heterocycles. The zero-order chi connectivity index (χ0) is 21.2. The molecule has 3 atom stereocenters. The Balaban J connectivity index is 2.14. The molecule has 0 saturated heterocycles. The third-order valence-electron chi connectivity index (χ3n) is 5.01. The van der Waals surface area contributed by atoms with Crippen LogP contribution in [-0.4, -0.2) is 43.6 Å². The van der Waals surface area contributed by atoms with E-state index in [4.69, 9.17) is 5.11 Å². The summed E-state index contributed by atoms with van der Waals surface area (Å²) in [6.07, 6.45) is 6.37. The van der Waals surface area contributed by atoms with Crippen LogP contribution in [0.4, 0.5) is 0 Å². The molecule has 1 heterocycles. The van der Waals surface area contributed by atoms with Crippen LogP contribution in [0.2, 0.25) is 0 Å². The van der Waals surface area contributed by atoms with Crippen LogP contribution < -0.4 is 0 Å². The lowest BCUT2D eigenvalue weighted by atomic mass is 9.99. The van der Waals surface area contributed by atoms with Gasteiger partial charge in [0.15, 0.2) is 0 Å². The maximum atomic E-state index is 10.6. The Morgan fingerprint density at radius 2 is 1.79 bits per heavy atom. The van der Waals surface area contributed by atoms with Crippen molar-refractivity contribution in [3.8, 4) is 0 Å². The van der Waals surface area contributed by atoms with Crippen LogP contribution >= 0.6 is 0 Å². The van der Waals surface area contributed by atoms with Gasteiger partial charge in [-0.2, -0.15) is 0 Å². The van der Waals surface area contributed by atoms with Crippen molar-refractivity contribution < 1.29 is 25.2 Å². The van der Waals surface area contributed by atoms with Gasteiger partial charge in [-0.15, -0.1) is 0 Å². The quantitative estimate of drug-likeness (QED) is 0.402. The molecule has 2 aromatic rings. The maximum absolute atomic E-state index is 10.6. The number of pyridine rings is 1. The van der Waals surface area contributed by atoms with Gasteiger partial charge in [-0.25, -0.2) is 0 Å². The maximum Gasteiger partial charge on any atom is 0.303 e. The van der Waals surface area contributed by atoms with Gasteiger partial charge >= 0.3 is 5.97 Å². The first-order valence-corrected chi connectivity index (χ1v) is 10.3. The van der Waals surface area contributed by atoms with Crippen molar-refractivity contribution in [3.63, 3.8) is 0 Å². The fourth-order valence-corrected chi connectivity index (χ4v) is 3.32. The molecule has 0 bridgehead atoms. The molecule has 158 valence electrons. The molecular weight excluding hydrogens is 370 g/mol. The fraction of sp³-hybridized carbons (Fsp3) is 0.478. The number of carbonyl (C=O) groups is 1. The minimum Gasteiger partial charge on any atom is -0.481 e. The highest BCUT2D eigenvalue weighted by Gasteiger charge is 2.16. The number of aliphatic hydroxyl groups is 3. The number of fused-ring (bicyclic) bond motifs is 1. The Hall–Kier alpha value is -2.28. The molecule has 0 aliphatic carbocycles. The van der Waals surface area contributed by atoms with Gasteiger partial charge in [-0.3, -0.25) is 9.78 Å². The number of hydrogen-bond donors (Lipinski definition) is 4. The van der Waals surface area contributed by atoms with E-state index >= 15 is 0 Å². The number of aliphatic carboxylic acids is 1. The molecule has 6 heteroatoms. The van der Waals surface area contributed by atoms with Crippen LogP contribution in [-0.2, 0) is 4.79 Å². The Labute approximate surface area is 171 Å². The van der Waals surface area contributed by atoms with Crippen molar-refractivity contribution in [2.24, 2.45) is 0 Å². The number of carboxylic acid groups (broad SMARTS) is 1. The Morgan fingerprint density at radius 3 is 2.48 bits per heavy atom. The summed E-state index contributed by atoms with van der Waals surface area (Å²) < 4.78 is 0. The predicted molar refractivity (Wildman–Crippen MR) is 113 cm³/mol. The van der Waals surface area contributed by atoms with E-state index in [1.54, 1.807) is 12.3 Å². The summed E-state index contributed by atoms with van der Waals surface area (Å²) >= 11 is 0. The van der Waals surface area contributed by atoms with E-state index in [1.807, 2.05) is 24.3 Å². The van der Waals surface area contributed by atoms with Crippen LogP contribution in [0.25, 0.3) is 16.8 Å². The zero-order valence-corrected chi connectivity index (χ0v) is 16.9. The largest absolute Gasteiger partial charge is 0.481 e. The number of aromatic nitrogens is 1. The average molecular weight is 402 g/mol. The van der Waals surface area contributed by atoms with Gasteiger partial charge < -0.3 is 20.4 Å². The van der Waals surface area contributed by atoms with Gasteiger partial charge in [0.05, 0.1) is 24.0 Å². The summed E-state index contributed by atoms with van der Waals surface area (Å²) in [5.74, 6) is -0.920. The first-order chi connectivity index (χ1) is 13.9. The number of rotatable bonds is 12. The Bertz CT molecular complexity index is 820. The first kappa shape index (κ1) is 23.0. The third kappa shape index (κ3) is 6.92. The summed E-state index contributed by atoms with van der Waals surface area (Å²) in [5.41, 5.74) is 1.44. The minimum absolute atomic E-state index is 0.0376. The summed E-state index contributed by atoms with van der Waals surface area (Å²) in [7, 11) is 0. The minimum atomic E-state index is -1.10. The van der Waals surface area contributed by atoms with Crippen molar-refractivity contribution in [1.82, 2.24) is 4.98 Å². The Kier molecular flexibility index (Phi) is 9.25. The second kappa shape index (κ2) is 11.7. The molecule has 1 aromatic heterocycles. The zero-order valence-electron chi connectivity index (χ0n) is 16.9. The first-order valence-electron chi connectivity index (χ1n) is 10.3. The second-order valence-electron chi connectivity index (χ2n) is 7.36. The highest BCUT2D eigenvalue weighted by Crippen LogP contribution is 2.28. The lowest BCUT2D eigenvalue weighted by molar-refractivity contribution is -0.137. The topological polar surface area (TPSA) is 111 Å². The van der Waals surface area contributed by atoms with E-state index in [-0.39, 0.29) is 12.8 Å². The normalized spacial score (nSPS) is 14.9. The van der Waals surface area contributed by atoms with Crippen LogP contribution in [0.5, 0.6) is 0 Å². The van der Waals surface area contributed by atoms with E-state index in [0.717, 1.165) is 35.6 Å². The fourth-order valence-electron chi connectivity index (χ4n) is 3.32. The number of hydrogen-bond acceptors (Lipinski definition) is 5. The van der Waals surface area contributed by atoms with Crippen molar-refractivity contribution >= 4 is 22.8 Å². The highest BCUT2D eigenvalue weighted by molar-refractivity contribution is 5.92. The van der Waals surface area contributed by atoms with E-state index in [2.05, 4.69) is 11.9 Å². The number of aliphatic hydroxyl groups excluding tert-OH is 3. The summed E-state index contributed by atoms with van der Waals surface area (Å²) in [4.78, 5) is 15.0. The van der Waals surface area contributed by atoms with Crippen molar-refractivity contribution in [3.05, 3.63) is 47.8 Å². The molecule has 0 aliphatic rings. The molecule has 2 unspecified atom stereocenters. The summed E-state index contributed by atoms with van der Waals surface area (Å²) in [6, 6.07) is 7.68. The van der Waals surface area contributed by atoms with Gasteiger partial charge in [0.2, 0.25) is 0 Å². The number of nitrogens with zero attached hydrogens (tertiary/aromatic N) is 1. The monoisotopic (exact) mass is 401 g/mol. The molecule has 4 N–H and O–H groups in total. The number of unbranched alkanes of at least 4 members (excludes halogenated alkanes) is 2. The molecule has 0 fully saturated rings. The molecular formula is C23H31NO5. The lowest BCUT2D eigenvalue weighted by Gasteiger charge is -2.15. The van der Waals surface area contributed by atoms with Crippen LogP contribution in [0, 0.1) is 0 Å². The molecule has 0 radical (unpaired) electrons. The molecule has 0 saturated carbocycles. The summed E-state index contributed by atoms with van der Waals surface area (Å²) in [5, 5.41) is 41.1. The van der Waals surface area contributed by atoms with Crippen LogP contribution in [0.3, 0.4) is 0 Å². The van der Waals surface area contributed by atoms with Crippen molar-refractivity contribution in [2.75, 3.05) is 0 Å². The van der Waals surface area contributed by atoms with Crippen LogP contribution in [0.1, 0.15) is 69.2 Å². The van der Waals surface area contributed by atoms with Gasteiger partial charge in [0.1, 0.15) is 0 Å². The summed E-state index contributed by atoms with van der Waals surface area (Å²) in [6.45, 7) is 2.12. The van der Waals surface area contributed by atoms with Gasteiger partial charge in [0.25, 0.3) is 0 Å². The van der Waals surface area contributed by atoms with Gasteiger partial charge in [0, 0.05) is 23.6 Å². The van der Waals surface area contributed by atoms with Gasteiger partial charge in [-0.1, -0.05) is 62.6 Å². The second-order valence-corrected chi connectivity index (χ2v) is 7.36. The molecule has 2 rings (SSSR count). The highest BCUT2D eigenvalue weighted by atomic mass is 16.4. The van der Waals surface area contributed by atoms with E-state index in [0.29, 0.717) is 18.5 Å². The smallest absolute Gasteiger partial charge is 0.303 e. The van der Waals surface area contributed by atoms with E-state index < -0.39 is 24.3 Å². The molecule has 1 aromatic carbocycles.